The minimum absolute atomic E-state index is 0.179. The molecule has 6 nitrogen and oxygen atoms in total. The summed E-state index contributed by atoms with van der Waals surface area (Å²) in [5.41, 5.74) is 3.74. The number of Topliss-reactive ketones (excluding diaryl/α,β-unsaturated/α-hetero) is 2. The van der Waals surface area contributed by atoms with Crippen molar-refractivity contribution in [1.82, 2.24) is 10.3 Å². The van der Waals surface area contributed by atoms with Crippen molar-refractivity contribution in [1.29, 1.82) is 0 Å². The van der Waals surface area contributed by atoms with Gasteiger partial charge in [0.1, 0.15) is 6.04 Å². The van der Waals surface area contributed by atoms with Crippen LogP contribution >= 0.6 is 11.3 Å². The van der Waals surface area contributed by atoms with Crippen molar-refractivity contribution in [3.8, 4) is 11.8 Å². The number of carboxylic acid groups (broad SMARTS) is 1. The number of para-hydroxylation sites is 1. The number of hydrogen-bond donors (Lipinski definition) is 3. The second-order valence-electron chi connectivity index (χ2n) is 7.87. The zero-order valence-electron chi connectivity index (χ0n) is 18.4. The van der Waals surface area contributed by atoms with Crippen LogP contribution in [-0.2, 0) is 16.0 Å². The number of fused-ring (bicyclic) bond motifs is 1. The number of nitrogens with one attached hydrogen (secondary N) is 2. The minimum Gasteiger partial charge on any atom is -0.480 e. The molecule has 0 saturated carbocycles. The van der Waals surface area contributed by atoms with Crippen LogP contribution in [0.4, 0.5) is 0 Å². The molecule has 170 valence electrons. The van der Waals surface area contributed by atoms with E-state index < -0.39 is 23.6 Å². The van der Waals surface area contributed by atoms with Gasteiger partial charge in [-0.1, -0.05) is 47.7 Å². The van der Waals surface area contributed by atoms with Gasteiger partial charge in [-0.05, 0) is 42.8 Å². The average molecular weight is 471 g/mol. The number of ketones is 2. The molecule has 4 rings (SSSR count). The van der Waals surface area contributed by atoms with E-state index in [0.717, 1.165) is 38.9 Å². The SMILES string of the molecule is Cc1ccc(C#Cc2ccc(C(=O)C(=O)CNC(Cc3c[nH]c4ccccc34)C(=O)O)s2)cc1. The number of carboxylic acids is 1. The number of carbonyl (C=O) groups is 3. The number of rotatable bonds is 8. The Labute approximate surface area is 200 Å². The first-order valence-electron chi connectivity index (χ1n) is 10.7. The molecule has 0 spiro atoms. The van der Waals surface area contributed by atoms with E-state index >= 15 is 0 Å². The zero-order chi connectivity index (χ0) is 24.1. The van der Waals surface area contributed by atoms with Gasteiger partial charge in [0.15, 0.2) is 0 Å². The Balaban J connectivity index is 1.37. The third-order valence-corrected chi connectivity index (χ3v) is 6.37. The van der Waals surface area contributed by atoms with Crippen molar-refractivity contribution < 1.29 is 19.5 Å². The van der Waals surface area contributed by atoms with Crippen LogP contribution in [0.2, 0.25) is 0 Å². The normalized spacial score (nSPS) is 11.6. The topological polar surface area (TPSA) is 99.3 Å². The highest BCUT2D eigenvalue weighted by atomic mass is 32.1. The van der Waals surface area contributed by atoms with E-state index in [9.17, 15) is 19.5 Å². The lowest BCUT2D eigenvalue weighted by atomic mass is 10.0. The van der Waals surface area contributed by atoms with Crippen LogP contribution in [0.3, 0.4) is 0 Å². The number of aryl methyl sites for hydroxylation is 1. The van der Waals surface area contributed by atoms with Crippen molar-refractivity contribution in [3.63, 3.8) is 0 Å². The van der Waals surface area contributed by atoms with E-state index in [1.807, 2.05) is 55.5 Å². The van der Waals surface area contributed by atoms with Gasteiger partial charge in [-0.2, -0.15) is 0 Å². The molecule has 3 N–H and O–H groups in total. The lowest BCUT2D eigenvalue weighted by Crippen LogP contribution is -2.42. The molecular weight excluding hydrogens is 448 g/mol. The number of hydrogen-bond acceptors (Lipinski definition) is 5. The van der Waals surface area contributed by atoms with Crippen molar-refractivity contribution in [2.45, 2.75) is 19.4 Å². The number of benzene rings is 2. The van der Waals surface area contributed by atoms with Crippen LogP contribution < -0.4 is 5.32 Å². The molecule has 1 atom stereocenters. The molecule has 0 fully saturated rings. The molecule has 0 amide bonds. The molecule has 0 bridgehead atoms. The Morgan fingerprint density at radius 2 is 1.79 bits per heavy atom. The summed E-state index contributed by atoms with van der Waals surface area (Å²) in [5.74, 6) is 3.61. The maximum Gasteiger partial charge on any atom is 0.321 e. The first-order chi connectivity index (χ1) is 16.4. The van der Waals surface area contributed by atoms with Gasteiger partial charge in [-0.15, -0.1) is 11.3 Å². The van der Waals surface area contributed by atoms with Crippen molar-refractivity contribution in [2.75, 3.05) is 6.54 Å². The fourth-order valence-electron chi connectivity index (χ4n) is 3.50. The Kier molecular flexibility index (Phi) is 7.02. The van der Waals surface area contributed by atoms with Crippen LogP contribution in [0.25, 0.3) is 10.9 Å². The summed E-state index contributed by atoms with van der Waals surface area (Å²) >= 11 is 1.15. The molecule has 2 aromatic carbocycles. The third-order valence-electron chi connectivity index (χ3n) is 5.37. The van der Waals surface area contributed by atoms with Crippen LogP contribution in [0, 0.1) is 18.8 Å². The van der Waals surface area contributed by atoms with Gasteiger partial charge in [-0.25, -0.2) is 0 Å². The Morgan fingerprint density at radius 3 is 2.56 bits per heavy atom. The lowest BCUT2D eigenvalue weighted by Gasteiger charge is -2.13. The standard InChI is InChI=1S/C27H22N2O4S/c1-17-6-8-18(9-7-17)10-11-20-12-13-25(34-20)26(31)24(30)16-29-23(27(32)33)14-19-15-28-22-5-3-2-4-21(19)22/h2-9,12-13,15,23,28-29H,14,16H2,1H3,(H,32,33). The summed E-state index contributed by atoms with van der Waals surface area (Å²) in [7, 11) is 0. The van der Waals surface area contributed by atoms with E-state index in [2.05, 4.69) is 22.1 Å². The van der Waals surface area contributed by atoms with Crippen LogP contribution in [0.5, 0.6) is 0 Å². The molecule has 2 heterocycles. The van der Waals surface area contributed by atoms with E-state index in [-0.39, 0.29) is 17.8 Å². The predicted molar refractivity (Wildman–Crippen MR) is 132 cm³/mol. The molecule has 0 aliphatic rings. The molecule has 4 aromatic rings. The van der Waals surface area contributed by atoms with E-state index in [1.165, 1.54) is 0 Å². The monoisotopic (exact) mass is 470 g/mol. The predicted octanol–water partition coefficient (Wildman–Crippen LogP) is 3.97. The Morgan fingerprint density at radius 1 is 1.03 bits per heavy atom. The Bertz CT molecular complexity index is 1420. The number of carbonyl (C=O) groups excluding carboxylic acids is 2. The van der Waals surface area contributed by atoms with Gasteiger partial charge >= 0.3 is 5.97 Å². The summed E-state index contributed by atoms with van der Waals surface area (Å²) in [4.78, 5) is 40.8. The number of H-pyrrole nitrogens is 1. The minimum atomic E-state index is -1.09. The summed E-state index contributed by atoms with van der Waals surface area (Å²) in [6.07, 6.45) is 1.94. The largest absolute Gasteiger partial charge is 0.480 e. The lowest BCUT2D eigenvalue weighted by molar-refractivity contribution is -0.139. The quantitative estimate of drug-likeness (QED) is 0.206. The van der Waals surface area contributed by atoms with E-state index in [1.54, 1.807) is 18.3 Å². The third kappa shape index (κ3) is 5.49. The first kappa shape index (κ1) is 23.2. The smallest absolute Gasteiger partial charge is 0.321 e. The van der Waals surface area contributed by atoms with Crippen molar-refractivity contribution >= 4 is 39.8 Å². The molecular formula is C27H22N2O4S. The van der Waals surface area contributed by atoms with Gasteiger partial charge < -0.3 is 10.1 Å². The highest BCUT2D eigenvalue weighted by Gasteiger charge is 2.23. The second-order valence-corrected chi connectivity index (χ2v) is 8.95. The van der Waals surface area contributed by atoms with E-state index in [4.69, 9.17) is 0 Å². The average Bonchev–Trinajstić information content (AvgIpc) is 3.48. The fraction of sp³-hybridized carbons (Fsp3) is 0.148. The van der Waals surface area contributed by atoms with Gasteiger partial charge in [0, 0.05) is 29.1 Å². The molecule has 0 aliphatic heterocycles. The second kappa shape index (κ2) is 10.3. The number of aliphatic carboxylic acids is 1. The van der Waals surface area contributed by atoms with Gasteiger partial charge in [0.05, 0.1) is 16.3 Å². The summed E-state index contributed by atoms with van der Waals surface area (Å²) < 4.78 is 0. The van der Waals surface area contributed by atoms with Crippen LogP contribution in [0.1, 0.15) is 31.2 Å². The summed E-state index contributed by atoms with van der Waals surface area (Å²) in [6, 6.07) is 17.7. The maximum absolute atomic E-state index is 12.6. The van der Waals surface area contributed by atoms with Gasteiger partial charge in [0.2, 0.25) is 11.6 Å². The van der Waals surface area contributed by atoms with E-state index in [0.29, 0.717) is 4.88 Å². The van der Waals surface area contributed by atoms with Crippen molar-refractivity contribution in [2.24, 2.45) is 0 Å². The molecule has 0 saturated heterocycles. The molecule has 34 heavy (non-hydrogen) atoms. The molecule has 0 aliphatic carbocycles. The van der Waals surface area contributed by atoms with Crippen molar-refractivity contribution in [3.05, 3.63) is 93.3 Å². The maximum atomic E-state index is 12.6. The number of aromatic nitrogens is 1. The van der Waals surface area contributed by atoms with Gasteiger partial charge in [-0.3, -0.25) is 19.7 Å². The zero-order valence-corrected chi connectivity index (χ0v) is 19.2. The highest BCUT2D eigenvalue weighted by molar-refractivity contribution is 7.15. The molecule has 7 heteroatoms. The molecule has 0 radical (unpaired) electrons. The Hall–Kier alpha value is -3.99. The van der Waals surface area contributed by atoms with Crippen LogP contribution in [0.15, 0.2) is 66.9 Å². The summed E-state index contributed by atoms with van der Waals surface area (Å²) in [5, 5.41) is 13.3. The highest BCUT2D eigenvalue weighted by Crippen LogP contribution is 2.20. The number of thiophene rings is 1. The summed E-state index contributed by atoms with van der Waals surface area (Å²) in [6.45, 7) is 1.64. The molecule has 1 unspecified atom stereocenters. The number of aromatic amines is 1. The molecule has 2 aromatic heterocycles. The van der Waals surface area contributed by atoms with Crippen LogP contribution in [-0.4, -0.2) is 40.2 Å². The van der Waals surface area contributed by atoms with Gasteiger partial charge in [0.25, 0.3) is 0 Å². The fourth-order valence-corrected chi connectivity index (χ4v) is 4.32. The first-order valence-corrected chi connectivity index (χ1v) is 11.5.